The fourth-order valence-corrected chi connectivity index (χ4v) is 4.22. The zero-order valence-corrected chi connectivity index (χ0v) is 18.6. The smallest absolute Gasteiger partial charge is 0.254 e. The average Bonchev–Trinajstić information content (AvgIpc) is 3.30. The number of aryl methyl sites for hydroxylation is 1. The second-order valence-corrected chi connectivity index (χ2v) is 8.11. The van der Waals surface area contributed by atoms with Gasteiger partial charge in [-0.2, -0.15) is 0 Å². The van der Waals surface area contributed by atoms with Crippen molar-refractivity contribution in [2.24, 2.45) is 0 Å². The Morgan fingerprint density at radius 3 is 2.47 bits per heavy atom. The topological polar surface area (TPSA) is 54.8 Å². The zero-order chi connectivity index (χ0) is 22.5. The summed E-state index contributed by atoms with van der Waals surface area (Å²) in [7, 11) is 1.60. The predicted octanol–water partition coefficient (Wildman–Crippen LogP) is 3.52. The lowest BCUT2D eigenvalue weighted by molar-refractivity contribution is -0.134. The number of methoxy groups -OCH3 is 1. The fraction of sp³-hybridized carbons (Fsp3) is 0.308. The molecule has 0 bridgehead atoms. The molecular weight excluding hydrogens is 402 g/mol. The van der Waals surface area contributed by atoms with E-state index in [4.69, 9.17) is 4.74 Å². The van der Waals surface area contributed by atoms with Crippen LogP contribution < -0.4 is 0 Å². The second kappa shape index (κ2) is 9.83. The van der Waals surface area contributed by atoms with Crippen LogP contribution in [0.3, 0.4) is 0 Å². The maximum absolute atomic E-state index is 13.6. The van der Waals surface area contributed by atoms with E-state index < -0.39 is 0 Å². The molecule has 0 radical (unpaired) electrons. The number of fused-ring (bicyclic) bond motifs is 1. The van der Waals surface area contributed by atoms with Crippen LogP contribution in [0.1, 0.15) is 33.2 Å². The molecule has 1 atom stereocenters. The molecule has 0 N–H and O–H groups in total. The Labute approximate surface area is 189 Å². The van der Waals surface area contributed by atoms with E-state index in [1.54, 1.807) is 12.0 Å². The Kier molecular flexibility index (Phi) is 6.71. The maximum atomic E-state index is 13.6. The zero-order valence-electron chi connectivity index (χ0n) is 18.6. The quantitative estimate of drug-likeness (QED) is 0.575. The lowest BCUT2D eigenvalue weighted by Gasteiger charge is -2.38. The number of aromatic nitrogens is 1. The number of hydrogen-bond donors (Lipinski definition) is 0. The van der Waals surface area contributed by atoms with E-state index in [-0.39, 0.29) is 24.4 Å². The number of ether oxygens (including phenoxy) is 1. The second-order valence-electron chi connectivity index (χ2n) is 8.11. The molecule has 0 saturated heterocycles. The van der Waals surface area contributed by atoms with Crippen LogP contribution in [0.2, 0.25) is 0 Å². The van der Waals surface area contributed by atoms with Crippen LogP contribution in [0.5, 0.6) is 0 Å². The summed E-state index contributed by atoms with van der Waals surface area (Å²) in [5.41, 5.74) is 3.81. The monoisotopic (exact) mass is 431 g/mol. The van der Waals surface area contributed by atoms with Gasteiger partial charge in [-0.15, -0.1) is 0 Å². The average molecular weight is 432 g/mol. The lowest BCUT2D eigenvalue weighted by atomic mass is 10.00. The van der Waals surface area contributed by atoms with Gasteiger partial charge >= 0.3 is 0 Å². The first-order valence-electron chi connectivity index (χ1n) is 10.9. The normalized spacial score (nSPS) is 15.3. The van der Waals surface area contributed by atoms with Crippen LogP contribution in [0.15, 0.2) is 72.9 Å². The van der Waals surface area contributed by atoms with Gasteiger partial charge in [0.2, 0.25) is 5.91 Å². The van der Waals surface area contributed by atoms with Gasteiger partial charge in [0.15, 0.2) is 0 Å². The molecule has 6 heteroatoms. The maximum Gasteiger partial charge on any atom is 0.254 e. The molecule has 2 amide bonds. The highest BCUT2D eigenvalue weighted by Crippen LogP contribution is 2.32. The molecule has 1 aromatic heterocycles. The van der Waals surface area contributed by atoms with E-state index in [9.17, 15) is 9.59 Å². The summed E-state index contributed by atoms with van der Waals surface area (Å²) in [5.74, 6) is -0.227. The molecule has 3 aromatic rings. The van der Waals surface area contributed by atoms with Crippen LogP contribution in [0.25, 0.3) is 0 Å². The molecule has 2 aromatic carbocycles. The first kappa shape index (κ1) is 21.8. The van der Waals surface area contributed by atoms with Crippen molar-refractivity contribution in [1.82, 2.24) is 14.4 Å². The fourth-order valence-electron chi connectivity index (χ4n) is 4.22. The molecule has 32 heavy (non-hydrogen) atoms. The van der Waals surface area contributed by atoms with Gasteiger partial charge in [-0.1, -0.05) is 48.0 Å². The largest absolute Gasteiger partial charge is 0.383 e. The van der Waals surface area contributed by atoms with E-state index in [0.717, 1.165) is 23.4 Å². The van der Waals surface area contributed by atoms with Gasteiger partial charge in [0.25, 0.3) is 5.91 Å². The number of amides is 2. The van der Waals surface area contributed by atoms with Gasteiger partial charge in [-0.25, -0.2) is 0 Å². The minimum atomic E-state index is -0.175. The molecular formula is C26H29N3O3. The van der Waals surface area contributed by atoms with Crippen molar-refractivity contribution in [1.29, 1.82) is 0 Å². The summed E-state index contributed by atoms with van der Waals surface area (Å²) in [6.45, 7) is 4.06. The summed E-state index contributed by atoms with van der Waals surface area (Å²) >= 11 is 0. The lowest BCUT2D eigenvalue weighted by Crippen LogP contribution is -2.48. The highest BCUT2D eigenvalue weighted by Gasteiger charge is 2.33. The molecule has 1 aliphatic heterocycles. The predicted molar refractivity (Wildman–Crippen MR) is 123 cm³/mol. The van der Waals surface area contributed by atoms with E-state index in [2.05, 4.69) is 16.8 Å². The standard InChI is InChI=1S/C26H29N3O3/c1-20-10-12-22(13-11-20)26(31)28(17-18-32-2)19-24(30)29-16-15-27-14-6-9-23(27)25(29)21-7-4-3-5-8-21/h3-14,25H,15-19H2,1-2H3. The molecule has 166 valence electrons. The number of carbonyl (C=O) groups excluding carboxylic acids is 2. The number of hydrogen-bond acceptors (Lipinski definition) is 3. The Bertz CT molecular complexity index is 1060. The molecule has 6 nitrogen and oxygen atoms in total. The SMILES string of the molecule is COCCN(CC(=O)N1CCn2cccc2C1c1ccccc1)C(=O)c1ccc(C)cc1. The minimum Gasteiger partial charge on any atom is -0.383 e. The van der Waals surface area contributed by atoms with Crippen LogP contribution in [0, 0.1) is 6.92 Å². The summed E-state index contributed by atoms with van der Waals surface area (Å²) in [6, 6.07) is 21.4. The molecule has 0 aliphatic carbocycles. The first-order valence-corrected chi connectivity index (χ1v) is 10.9. The Hall–Kier alpha value is -3.38. The van der Waals surface area contributed by atoms with Gasteiger partial charge in [0.05, 0.1) is 12.6 Å². The number of benzene rings is 2. The molecule has 4 rings (SSSR count). The number of carbonyl (C=O) groups is 2. The molecule has 0 fully saturated rings. The van der Waals surface area contributed by atoms with E-state index in [1.165, 1.54) is 0 Å². The summed E-state index contributed by atoms with van der Waals surface area (Å²) in [5, 5.41) is 0. The van der Waals surface area contributed by atoms with Crippen LogP contribution >= 0.6 is 0 Å². The van der Waals surface area contributed by atoms with Crippen molar-refractivity contribution in [2.45, 2.75) is 19.5 Å². The molecule has 0 saturated carbocycles. The van der Waals surface area contributed by atoms with Gasteiger partial charge in [0, 0.05) is 44.2 Å². The van der Waals surface area contributed by atoms with E-state index >= 15 is 0 Å². The van der Waals surface area contributed by atoms with E-state index in [1.807, 2.05) is 72.5 Å². The van der Waals surface area contributed by atoms with Crippen LogP contribution in [-0.4, -0.2) is 59.5 Å². The van der Waals surface area contributed by atoms with Crippen molar-refractivity contribution >= 4 is 11.8 Å². The molecule has 1 unspecified atom stereocenters. The highest BCUT2D eigenvalue weighted by molar-refractivity contribution is 5.96. The molecule has 2 heterocycles. The van der Waals surface area contributed by atoms with Crippen molar-refractivity contribution < 1.29 is 14.3 Å². The van der Waals surface area contributed by atoms with E-state index in [0.29, 0.717) is 25.3 Å². The Morgan fingerprint density at radius 1 is 1.00 bits per heavy atom. The summed E-state index contributed by atoms with van der Waals surface area (Å²) in [6.07, 6.45) is 2.05. The highest BCUT2D eigenvalue weighted by atomic mass is 16.5. The third kappa shape index (κ3) is 4.60. The summed E-state index contributed by atoms with van der Waals surface area (Å²) in [4.78, 5) is 30.2. The Balaban J connectivity index is 1.59. The number of rotatable bonds is 7. The van der Waals surface area contributed by atoms with Crippen LogP contribution in [0.4, 0.5) is 0 Å². The van der Waals surface area contributed by atoms with Gasteiger partial charge < -0.3 is 19.1 Å². The molecule has 0 spiro atoms. The van der Waals surface area contributed by atoms with Crippen molar-refractivity contribution in [3.05, 3.63) is 95.3 Å². The first-order chi connectivity index (χ1) is 15.6. The third-order valence-corrected chi connectivity index (χ3v) is 5.95. The van der Waals surface area contributed by atoms with Gasteiger partial charge in [-0.3, -0.25) is 9.59 Å². The molecule has 1 aliphatic rings. The van der Waals surface area contributed by atoms with Crippen molar-refractivity contribution in [3.63, 3.8) is 0 Å². The Morgan fingerprint density at radius 2 is 1.75 bits per heavy atom. The number of nitrogens with zero attached hydrogens (tertiary/aromatic N) is 3. The van der Waals surface area contributed by atoms with Crippen molar-refractivity contribution in [2.75, 3.05) is 33.4 Å². The third-order valence-electron chi connectivity index (χ3n) is 5.95. The van der Waals surface area contributed by atoms with Crippen LogP contribution in [-0.2, 0) is 16.1 Å². The minimum absolute atomic E-state index is 0.0140. The summed E-state index contributed by atoms with van der Waals surface area (Å²) < 4.78 is 7.40. The van der Waals surface area contributed by atoms with Crippen molar-refractivity contribution in [3.8, 4) is 0 Å². The van der Waals surface area contributed by atoms with Gasteiger partial charge in [-0.05, 0) is 36.8 Å². The van der Waals surface area contributed by atoms with Gasteiger partial charge in [0.1, 0.15) is 6.54 Å².